The average molecular weight is 569 g/mol. The Bertz CT molecular complexity index is 417. The van der Waals surface area contributed by atoms with Gasteiger partial charge in [-0.15, -0.1) is 0 Å². The monoisotopic (exact) mass is 569 g/mol. The zero-order valence-corrected chi connectivity index (χ0v) is 28.1. The standard InChI is InChI=1S/C37H76O3/c1-4-6-8-10-12-14-16-18-20-22-24-26-28-30-32-39-35-37(3,34-38)36-40-33-31-29-27-25-23-21-19-17-15-13-11-9-7-5-2/h38H,4-36H2,1-3H3. The van der Waals surface area contributed by atoms with Crippen LogP contribution in [0.15, 0.2) is 0 Å². The minimum Gasteiger partial charge on any atom is -0.396 e. The molecular formula is C37H76O3. The first-order chi connectivity index (χ1) is 19.7. The van der Waals surface area contributed by atoms with Crippen molar-refractivity contribution in [2.45, 2.75) is 201 Å². The van der Waals surface area contributed by atoms with E-state index in [1.54, 1.807) is 0 Å². The highest BCUT2D eigenvalue weighted by molar-refractivity contribution is 4.72. The SMILES string of the molecule is CCCCCCCCCCCCCCCCOCC(C)(CO)COCCCCCCCCCCCCCCCC. The molecule has 0 fully saturated rings. The van der Waals surface area contributed by atoms with Crippen molar-refractivity contribution in [1.82, 2.24) is 0 Å². The van der Waals surface area contributed by atoms with Gasteiger partial charge < -0.3 is 14.6 Å². The van der Waals surface area contributed by atoms with Crippen LogP contribution in [0.5, 0.6) is 0 Å². The van der Waals surface area contributed by atoms with Crippen LogP contribution >= 0.6 is 0 Å². The molecule has 0 aliphatic carbocycles. The van der Waals surface area contributed by atoms with Crippen LogP contribution in [0.2, 0.25) is 0 Å². The molecule has 0 radical (unpaired) electrons. The number of rotatable bonds is 35. The number of hydrogen-bond acceptors (Lipinski definition) is 3. The van der Waals surface area contributed by atoms with Gasteiger partial charge in [-0.2, -0.15) is 0 Å². The molecule has 0 amide bonds. The largest absolute Gasteiger partial charge is 0.396 e. The lowest BCUT2D eigenvalue weighted by atomic mass is 9.94. The highest BCUT2D eigenvalue weighted by Gasteiger charge is 2.24. The fourth-order valence-electron chi connectivity index (χ4n) is 5.57. The lowest BCUT2D eigenvalue weighted by molar-refractivity contribution is -0.0418. The minimum absolute atomic E-state index is 0.129. The molecule has 0 saturated heterocycles. The summed E-state index contributed by atoms with van der Waals surface area (Å²) in [5.74, 6) is 0. The summed E-state index contributed by atoms with van der Waals surface area (Å²) in [6.45, 7) is 9.62. The Kier molecular flexibility index (Phi) is 33.3. The molecule has 1 N–H and O–H groups in total. The van der Waals surface area contributed by atoms with Crippen molar-refractivity contribution in [2.75, 3.05) is 33.0 Å². The summed E-state index contributed by atoms with van der Waals surface area (Å²) in [5.41, 5.74) is -0.272. The van der Waals surface area contributed by atoms with Gasteiger partial charge in [-0.1, -0.05) is 188 Å². The summed E-state index contributed by atoms with van der Waals surface area (Å²) in [6, 6.07) is 0. The maximum Gasteiger partial charge on any atom is 0.0563 e. The Morgan fingerprint density at radius 3 is 0.825 bits per heavy atom. The summed E-state index contributed by atoms with van der Waals surface area (Å²) in [4.78, 5) is 0. The summed E-state index contributed by atoms with van der Waals surface area (Å²) in [5, 5.41) is 9.88. The molecule has 0 spiro atoms. The van der Waals surface area contributed by atoms with E-state index >= 15 is 0 Å². The molecule has 0 aromatic heterocycles. The number of aliphatic hydroxyl groups is 1. The molecule has 40 heavy (non-hydrogen) atoms. The molecule has 0 unspecified atom stereocenters. The van der Waals surface area contributed by atoms with Crippen molar-refractivity contribution in [3.05, 3.63) is 0 Å². The van der Waals surface area contributed by atoms with E-state index in [4.69, 9.17) is 9.47 Å². The summed E-state index contributed by atoms with van der Waals surface area (Å²) >= 11 is 0. The first-order valence-electron chi connectivity index (χ1n) is 18.4. The quantitative estimate of drug-likeness (QED) is 0.0773. The van der Waals surface area contributed by atoms with E-state index in [1.165, 1.54) is 167 Å². The lowest BCUT2D eigenvalue weighted by Crippen LogP contribution is -2.33. The van der Waals surface area contributed by atoms with Crippen molar-refractivity contribution < 1.29 is 14.6 Å². The lowest BCUT2D eigenvalue weighted by Gasteiger charge is -2.26. The third-order valence-corrected chi connectivity index (χ3v) is 8.57. The van der Waals surface area contributed by atoms with Gasteiger partial charge in [0, 0.05) is 18.6 Å². The highest BCUT2D eigenvalue weighted by atomic mass is 16.5. The van der Waals surface area contributed by atoms with Gasteiger partial charge in [0.15, 0.2) is 0 Å². The van der Waals surface area contributed by atoms with Crippen LogP contribution in [0.25, 0.3) is 0 Å². The van der Waals surface area contributed by atoms with Crippen LogP contribution in [0.4, 0.5) is 0 Å². The first-order valence-corrected chi connectivity index (χ1v) is 18.4. The number of ether oxygens (including phenoxy) is 2. The van der Waals surface area contributed by atoms with Crippen LogP contribution in [0.3, 0.4) is 0 Å². The molecule has 0 atom stereocenters. The molecule has 0 heterocycles. The van der Waals surface area contributed by atoms with E-state index in [2.05, 4.69) is 20.8 Å². The smallest absolute Gasteiger partial charge is 0.0563 e. The normalized spacial score (nSPS) is 12.0. The molecule has 0 saturated carbocycles. The van der Waals surface area contributed by atoms with Crippen molar-refractivity contribution in [3.63, 3.8) is 0 Å². The predicted octanol–water partition coefficient (Wildman–Crippen LogP) is 12.0. The van der Waals surface area contributed by atoms with Crippen molar-refractivity contribution >= 4 is 0 Å². The molecule has 0 aliphatic rings. The number of aliphatic hydroxyl groups excluding tert-OH is 1. The fourth-order valence-corrected chi connectivity index (χ4v) is 5.57. The van der Waals surface area contributed by atoms with Crippen LogP contribution < -0.4 is 0 Å². The van der Waals surface area contributed by atoms with E-state index in [9.17, 15) is 5.11 Å². The van der Waals surface area contributed by atoms with E-state index in [0.29, 0.717) is 13.2 Å². The Hall–Kier alpha value is -0.120. The fraction of sp³-hybridized carbons (Fsp3) is 1.00. The Morgan fingerprint density at radius 1 is 0.375 bits per heavy atom. The highest BCUT2D eigenvalue weighted by Crippen LogP contribution is 2.18. The number of unbranched alkanes of at least 4 members (excludes halogenated alkanes) is 26. The Balaban J connectivity index is 3.38. The van der Waals surface area contributed by atoms with E-state index in [0.717, 1.165) is 26.1 Å². The molecule has 242 valence electrons. The van der Waals surface area contributed by atoms with Gasteiger partial charge in [0.1, 0.15) is 0 Å². The molecule has 0 bridgehead atoms. The number of hydrogen-bond donors (Lipinski definition) is 1. The third kappa shape index (κ3) is 30.8. The van der Waals surface area contributed by atoms with Crippen molar-refractivity contribution in [2.24, 2.45) is 5.41 Å². The van der Waals surface area contributed by atoms with Gasteiger partial charge in [0.25, 0.3) is 0 Å². The Morgan fingerprint density at radius 2 is 0.600 bits per heavy atom. The second kappa shape index (κ2) is 33.4. The van der Waals surface area contributed by atoms with Crippen molar-refractivity contribution in [3.8, 4) is 0 Å². The molecule has 3 nitrogen and oxygen atoms in total. The van der Waals surface area contributed by atoms with Gasteiger partial charge in [-0.25, -0.2) is 0 Å². The summed E-state index contributed by atoms with van der Waals surface area (Å²) in [7, 11) is 0. The van der Waals surface area contributed by atoms with Crippen LogP contribution in [-0.4, -0.2) is 38.1 Å². The van der Waals surface area contributed by atoms with Crippen LogP contribution in [-0.2, 0) is 9.47 Å². The topological polar surface area (TPSA) is 38.7 Å². The van der Waals surface area contributed by atoms with E-state index in [-0.39, 0.29) is 12.0 Å². The average Bonchev–Trinajstić information content (AvgIpc) is 2.96. The summed E-state index contributed by atoms with van der Waals surface area (Å²) < 4.78 is 11.9. The maximum atomic E-state index is 9.88. The zero-order valence-electron chi connectivity index (χ0n) is 28.1. The molecule has 0 aliphatic heterocycles. The van der Waals surface area contributed by atoms with Gasteiger partial charge in [0.2, 0.25) is 0 Å². The second-order valence-electron chi connectivity index (χ2n) is 13.3. The zero-order chi connectivity index (χ0) is 29.2. The Labute approximate surface area is 253 Å². The molecular weight excluding hydrogens is 492 g/mol. The van der Waals surface area contributed by atoms with Gasteiger partial charge >= 0.3 is 0 Å². The van der Waals surface area contributed by atoms with E-state index in [1.807, 2.05) is 0 Å². The van der Waals surface area contributed by atoms with Gasteiger partial charge in [0.05, 0.1) is 19.8 Å². The minimum atomic E-state index is -0.272. The van der Waals surface area contributed by atoms with E-state index < -0.39 is 0 Å². The van der Waals surface area contributed by atoms with Gasteiger partial charge in [-0.05, 0) is 12.8 Å². The molecule has 0 rings (SSSR count). The third-order valence-electron chi connectivity index (χ3n) is 8.57. The van der Waals surface area contributed by atoms with Gasteiger partial charge in [-0.3, -0.25) is 0 Å². The summed E-state index contributed by atoms with van der Waals surface area (Å²) in [6.07, 6.45) is 38.7. The first kappa shape index (κ1) is 39.9. The van der Waals surface area contributed by atoms with Crippen LogP contribution in [0, 0.1) is 5.41 Å². The molecule has 0 aromatic carbocycles. The predicted molar refractivity (Wildman–Crippen MR) is 177 cm³/mol. The maximum absolute atomic E-state index is 9.88. The molecule has 0 aromatic rings. The molecule has 3 heteroatoms. The van der Waals surface area contributed by atoms with Crippen molar-refractivity contribution in [1.29, 1.82) is 0 Å². The van der Waals surface area contributed by atoms with Crippen LogP contribution in [0.1, 0.15) is 201 Å². The second-order valence-corrected chi connectivity index (χ2v) is 13.3.